The van der Waals surface area contributed by atoms with E-state index in [1.807, 2.05) is 21.1 Å². The minimum absolute atomic E-state index is 0.0301. The Morgan fingerprint density at radius 3 is 1.24 bits per heavy atom. The molecule has 0 aromatic heterocycles. The number of allylic oxidation sites excluding steroid dienone is 20. The molecule has 2 atom stereocenters. The maximum atomic E-state index is 12.8. The van der Waals surface area contributed by atoms with Crippen molar-refractivity contribution in [2.24, 2.45) is 0 Å². The highest BCUT2D eigenvalue weighted by molar-refractivity contribution is 5.72. The van der Waals surface area contributed by atoms with Crippen molar-refractivity contribution in [3.05, 3.63) is 122 Å². The van der Waals surface area contributed by atoms with Crippen LogP contribution in [0.1, 0.15) is 155 Å². The average molecular weight is 875 g/mol. The second kappa shape index (κ2) is 44.3. The van der Waals surface area contributed by atoms with Crippen molar-refractivity contribution in [1.82, 2.24) is 0 Å². The van der Waals surface area contributed by atoms with E-state index in [0.29, 0.717) is 19.3 Å². The van der Waals surface area contributed by atoms with Gasteiger partial charge in [0.05, 0.1) is 34.4 Å². The second-order valence-corrected chi connectivity index (χ2v) is 16.6. The molecule has 0 spiro atoms. The minimum atomic E-state index is -0.890. The van der Waals surface area contributed by atoms with Crippen LogP contribution in [0.25, 0.3) is 0 Å². The number of carboxylic acids is 1. The molecule has 0 aliphatic heterocycles. The molecule has 0 rings (SSSR count). The van der Waals surface area contributed by atoms with Crippen LogP contribution in [0, 0.1) is 0 Å². The Bertz CT molecular complexity index is 1440. The number of likely N-dealkylation sites (N-methyl/N-ethyl adjacent to an activating group) is 1. The topological polar surface area (TPSA) is 99.1 Å². The van der Waals surface area contributed by atoms with E-state index < -0.39 is 18.1 Å². The van der Waals surface area contributed by atoms with E-state index in [0.717, 1.165) is 116 Å². The van der Waals surface area contributed by atoms with Gasteiger partial charge in [-0.3, -0.25) is 9.59 Å². The molecule has 1 N–H and O–H groups in total. The lowest BCUT2D eigenvalue weighted by Gasteiger charge is -2.31. The fraction of sp³-hybridized carbons (Fsp3) is 0.582. The average Bonchev–Trinajstić information content (AvgIpc) is 3.24. The largest absolute Gasteiger partial charge is 0.477 e. The molecule has 354 valence electrons. The van der Waals surface area contributed by atoms with E-state index >= 15 is 0 Å². The summed E-state index contributed by atoms with van der Waals surface area (Å²) >= 11 is 0. The number of esters is 2. The number of carboxylic acid groups (broad SMARTS) is 1. The van der Waals surface area contributed by atoms with Crippen molar-refractivity contribution < 1.29 is 38.2 Å². The van der Waals surface area contributed by atoms with E-state index in [9.17, 15) is 19.5 Å². The Balaban J connectivity index is 4.44. The van der Waals surface area contributed by atoms with Crippen LogP contribution in [-0.2, 0) is 28.6 Å². The molecule has 8 nitrogen and oxygen atoms in total. The number of hydrogen-bond donors (Lipinski definition) is 1. The normalized spacial score (nSPS) is 14.0. The number of ether oxygens (including phenoxy) is 3. The van der Waals surface area contributed by atoms with Gasteiger partial charge in [0.1, 0.15) is 6.61 Å². The molecule has 0 bridgehead atoms. The molecule has 0 aromatic carbocycles. The summed E-state index contributed by atoms with van der Waals surface area (Å²) in [7, 11) is 5.50. The summed E-state index contributed by atoms with van der Waals surface area (Å²) in [5.41, 5.74) is 0. The quantitative estimate of drug-likeness (QED) is 0.0283. The molecular formula is C55H88NO7+. The van der Waals surface area contributed by atoms with Gasteiger partial charge in [-0.15, -0.1) is 0 Å². The van der Waals surface area contributed by atoms with Crippen LogP contribution in [0.3, 0.4) is 0 Å². The third-order valence-corrected chi connectivity index (χ3v) is 9.86. The summed E-state index contributed by atoms with van der Waals surface area (Å²) < 4.78 is 17.3. The van der Waals surface area contributed by atoms with Gasteiger partial charge in [0.15, 0.2) is 12.1 Å². The van der Waals surface area contributed by atoms with Crippen LogP contribution in [0.4, 0.5) is 0 Å². The first kappa shape index (κ1) is 58.7. The fourth-order valence-corrected chi connectivity index (χ4v) is 6.20. The highest BCUT2D eigenvalue weighted by Gasteiger charge is 2.31. The van der Waals surface area contributed by atoms with Crippen molar-refractivity contribution in [2.45, 2.75) is 167 Å². The Morgan fingerprint density at radius 1 is 0.476 bits per heavy atom. The Labute approximate surface area is 384 Å². The van der Waals surface area contributed by atoms with Gasteiger partial charge in [0, 0.05) is 19.3 Å². The molecule has 0 heterocycles. The molecule has 2 unspecified atom stereocenters. The predicted octanol–water partition coefficient (Wildman–Crippen LogP) is 13.8. The van der Waals surface area contributed by atoms with Crippen LogP contribution in [0.2, 0.25) is 0 Å². The minimum Gasteiger partial charge on any atom is -0.477 e. The lowest BCUT2D eigenvalue weighted by atomic mass is 10.1. The Hall–Kier alpha value is -4.27. The number of nitrogens with zero attached hydrogens (tertiary/aromatic N) is 1. The molecule has 0 aromatic rings. The van der Waals surface area contributed by atoms with E-state index in [4.69, 9.17) is 14.2 Å². The zero-order chi connectivity index (χ0) is 46.3. The van der Waals surface area contributed by atoms with Crippen LogP contribution in [0.5, 0.6) is 0 Å². The third kappa shape index (κ3) is 42.8. The van der Waals surface area contributed by atoms with E-state index in [1.54, 1.807) is 0 Å². The molecule has 0 fully saturated rings. The van der Waals surface area contributed by atoms with Crippen molar-refractivity contribution in [3.8, 4) is 0 Å². The summed E-state index contributed by atoms with van der Waals surface area (Å²) in [5, 5.41) is 9.64. The molecule has 0 saturated carbocycles. The number of unbranched alkanes of at least 4 members (excludes halogenated alkanes) is 7. The Kier molecular flexibility index (Phi) is 41.3. The van der Waals surface area contributed by atoms with Crippen LogP contribution >= 0.6 is 0 Å². The van der Waals surface area contributed by atoms with Crippen molar-refractivity contribution in [1.29, 1.82) is 0 Å². The molecule has 8 heteroatoms. The zero-order valence-electron chi connectivity index (χ0n) is 40.2. The van der Waals surface area contributed by atoms with Crippen LogP contribution in [-0.4, -0.2) is 80.6 Å². The lowest BCUT2D eigenvalue weighted by Crippen LogP contribution is -2.50. The molecule has 0 aliphatic rings. The van der Waals surface area contributed by atoms with Gasteiger partial charge in [0.25, 0.3) is 0 Å². The van der Waals surface area contributed by atoms with Gasteiger partial charge in [-0.05, 0) is 103 Å². The molecule has 0 aliphatic carbocycles. The third-order valence-electron chi connectivity index (χ3n) is 9.86. The number of carbonyl (C=O) groups excluding carboxylic acids is 2. The summed E-state index contributed by atoms with van der Waals surface area (Å²) in [6.45, 7) is 4.42. The SMILES string of the molecule is CC/C=C/C/C=C/C/C=C/C/C=C/C/C=C/CCCCCCC(=O)OCC(COCCC(C(=O)O)[N+](C)(C)C)OC(=O)CCCCC/C=C/C/C=C/C/C=C/C/C=C/C/C=C/CC. The van der Waals surface area contributed by atoms with Crippen LogP contribution in [0.15, 0.2) is 122 Å². The van der Waals surface area contributed by atoms with E-state index in [2.05, 4.69) is 135 Å². The second-order valence-electron chi connectivity index (χ2n) is 16.6. The van der Waals surface area contributed by atoms with Crippen molar-refractivity contribution >= 4 is 17.9 Å². The van der Waals surface area contributed by atoms with Gasteiger partial charge in [-0.25, -0.2) is 4.79 Å². The predicted molar refractivity (Wildman–Crippen MR) is 265 cm³/mol. The maximum absolute atomic E-state index is 12.8. The van der Waals surface area contributed by atoms with Gasteiger partial charge in [-0.2, -0.15) is 0 Å². The molecule has 0 saturated heterocycles. The maximum Gasteiger partial charge on any atom is 0.362 e. The van der Waals surface area contributed by atoms with E-state index in [1.165, 1.54) is 0 Å². The molecule has 63 heavy (non-hydrogen) atoms. The summed E-state index contributed by atoms with van der Waals surface area (Å²) in [4.78, 5) is 37.1. The van der Waals surface area contributed by atoms with Crippen molar-refractivity contribution in [2.75, 3.05) is 41.0 Å². The summed E-state index contributed by atoms with van der Waals surface area (Å²) in [6.07, 6.45) is 62.4. The number of hydrogen-bond acceptors (Lipinski definition) is 6. The van der Waals surface area contributed by atoms with Gasteiger partial charge in [0.2, 0.25) is 0 Å². The number of rotatable bonds is 41. The summed E-state index contributed by atoms with van der Waals surface area (Å²) in [5.74, 6) is -1.56. The smallest absolute Gasteiger partial charge is 0.362 e. The molecule has 0 radical (unpaired) electrons. The van der Waals surface area contributed by atoms with Crippen molar-refractivity contribution in [3.63, 3.8) is 0 Å². The lowest BCUT2D eigenvalue weighted by molar-refractivity contribution is -0.887. The first-order chi connectivity index (χ1) is 30.6. The highest BCUT2D eigenvalue weighted by atomic mass is 16.6. The number of aliphatic carboxylic acids is 1. The first-order valence-corrected chi connectivity index (χ1v) is 24.1. The standard InChI is InChI=1S/C55H87NO7/c1-6-8-10-12-14-16-18-20-22-24-26-28-29-31-33-35-37-39-41-43-45-53(57)62-50-51(49-61-48-47-52(55(59)60)56(3,4)5)63-54(58)46-44-42-40-38-36-34-32-30-27-25-23-21-19-17-15-13-11-9-7-2/h8-11,14-17,20-23,26-28,30-31,33-34,36,51-52H,6-7,12-13,18-19,24-25,29,32,35,37-50H2,1-5H3/p+1/b10-8+,11-9+,16-14+,17-15+,22-20+,23-21+,28-26+,30-27+,33-31+,36-34+. The molecular weight excluding hydrogens is 787 g/mol. The van der Waals surface area contributed by atoms with Gasteiger partial charge < -0.3 is 23.8 Å². The fourth-order valence-electron chi connectivity index (χ4n) is 6.20. The number of carbonyl (C=O) groups is 3. The van der Waals surface area contributed by atoms with Gasteiger partial charge in [-0.1, -0.05) is 155 Å². The summed E-state index contributed by atoms with van der Waals surface area (Å²) in [6, 6.07) is -0.634. The van der Waals surface area contributed by atoms with E-state index in [-0.39, 0.29) is 42.7 Å². The Morgan fingerprint density at radius 2 is 0.841 bits per heavy atom. The highest BCUT2D eigenvalue weighted by Crippen LogP contribution is 2.12. The monoisotopic (exact) mass is 875 g/mol. The van der Waals surface area contributed by atoms with Gasteiger partial charge >= 0.3 is 17.9 Å². The molecule has 0 amide bonds. The number of quaternary nitrogens is 1. The first-order valence-electron chi connectivity index (χ1n) is 24.1. The zero-order valence-corrected chi connectivity index (χ0v) is 40.2. The van der Waals surface area contributed by atoms with Crippen LogP contribution < -0.4 is 0 Å².